The summed E-state index contributed by atoms with van der Waals surface area (Å²) in [5.41, 5.74) is 1.11. The number of allylic oxidation sites excluding steroid dienone is 2. The normalized spacial score (nSPS) is 12.8. The van der Waals surface area contributed by atoms with Crippen LogP contribution in [0, 0.1) is 16.2 Å². The first kappa shape index (κ1) is 9.01. The van der Waals surface area contributed by atoms with Crippen LogP contribution >= 0.6 is 0 Å². The van der Waals surface area contributed by atoms with Crippen molar-refractivity contribution < 1.29 is 0 Å². The summed E-state index contributed by atoms with van der Waals surface area (Å²) in [7, 11) is 0. The van der Waals surface area contributed by atoms with Crippen LogP contribution in [-0.2, 0) is 0 Å². The van der Waals surface area contributed by atoms with E-state index in [0.29, 0.717) is 11.3 Å². The molecular weight excluding hydrogens is 128 g/mol. The fraction of sp³-hybridized carbons (Fsp3) is 0.571. The molecule has 0 unspecified atom stereocenters. The van der Waals surface area contributed by atoms with Crippen LogP contribution in [0.4, 0.5) is 0 Å². The van der Waals surface area contributed by atoms with Gasteiger partial charge in [-0.05, 0) is 23.6 Å². The van der Waals surface area contributed by atoms with E-state index in [9.17, 15) is 4.91 Å². The van der Waals surface area contributed by atoms with E-state index < -0.39 is 0 Å². The molecule has 0 spiro atoms. The van der Waals surface area contributed by atoms with Gasteiger partial charge in [0.25, 0.3) is 0 Å². The molecule has 3 nitrogen and oxygen atoms in total. The minimum Gasteiger partial charge on any atom is -0.308 e. The van der Waals surface area contributed by atoms with Gasteiger partial charge in [-0.15, -0.1) is 4.91 Å². The monoisotopic (exact) mass is 140 g/mol. The molecule has 0 saturated carbocycles. The van der Waals surface area contributed by atoms with Crippen molar-refractivity contribution in [3.8, 4) is 0 Å². The zero-order chi connectivity index (χ0) is 8.15. The molecule has 0 aliphatic carbocycles. The summed E-state index contributed by atoms with van der Waals surface area (Å²) in [5.74, 6) is 0.110. The topological polar surface area (TPSA) is 53.3 Å². The lowest BCUT2D eigenvalue weighted by Crippen LogP contribution is -1.94. The van der Waals surface area contributed by atoms with Gasteiger partial charge in [-0.2, -0.15) is 0 Å². The molecule has 3 heteroatoms. The van der Waals surface area contributed by atoms with Crippen molar-refractivity contribution in [1.29, 1.82) is 5.41 Å². The highest BCUT2D eigenvalue weighted by molar-refractivity contribution is 5.75. The minimum atomic E-state index is 0.110. The summed E-state index contributed by atoms with van der Waals surface area (Å²) in [6, 6.07) is 0. The van der Waals surface area contributed by atoms with Gasteiger partial charge in [0.2, 0.25) is 0 Å². The number of rotatable bonds is 3. The van der Waals surface area contributed by atoms with Crippen molar-refractivity contribution in [1.82, 2.24) is 0 Å². The predicted molar refractivity (Wildman–Crippen MR) is 42.1 cm³/mol. The van der Waals surface area contributed by atoms with E-state index in [0.717, 1.165) is 6.21 Å². The number of nitrogens with one attached hydrogen (secondary N) is 1. The van der Waals surface area contributed by atoms with Gasteiger partial charge in [0.15, 0.2) is 0 Å². The van der Waals surface area contributed by atoms with Gasteiger partial charge in [-0.25, -0.2) is 0 Å². The number of nitroso groups, excluding NO2 is 1. The van der Waals surface area contributed by atoms with E-state index in [-0.39, 0.29) is 5.92 Å². The molecule has 0 radical (unpaired) electrons. The van der Waals surface area contributed by atoms with Crippen molar-refractivity contribution in [3.05, 3.63) is 16.2 Å². The number of nitrogens with zero attached hydrogens (tertiary/aromatic N) is 1. The maximum absolute atomic E-state index is 10.1. The van der Waals surface area contributed by atoms with Crippen LogP contribution in [0.2, 0.25) is 0 Å². The molecule has 0 aromatic rings. The standard InChI is InChI=1S/C7H12N2O/c1-5(2)7(9-10)6(3)4-8/h4-5,8H,1-3H3/b7-6-,8-4?. The van der Waals surface area contributed by atoms with Crippen LogP contribution in [0.15, 0.2) is 16.4 Å². The predicted octanol–water partition coefficient (Wildman–Crippen LogP) is 2.33. The van der Waals surface area contributed by atoms with Crippen LogP contribution in [0.5, 0.6) is 0 Å². The Kier molecular flexibility index (Phi) is 3.54. The third-order valence-corrected chi connectivity index (χ3v) is 1.27. The second-order valence-corrected chi connectivity index (χ2v) is 2.46. The Labute approximate surface area is 60.6 Å². The van der Waals surface area contributed by atoms with E-state index in [2.05, 4.69) is 5.18 Å². The maximum atomic E-state index is 10.1. The molecule has 56 valence electrons. The summed E-state index contributed by atoms with van der Waals surface area (Å²) < 4.78 is 0. The third-order valence-electron chi connectivity index (χ3n) is 1.27. The zero-order valence-electron chi connectivity index (χ0n) is 6.51. The molecule has 0 saturated heterocycles. The molecule has 0 heterocycles. The first-order valence-corrected chi connectivity index (χ1v) is 3.18. The molecule has 10 heavy (non-hydrogen) atoms. The van der Waals surface area contributed by atoms with Gasteiger partial charge in [-0.1, -0.05) is 13.8 Å². The van der Waals surface area contributed by atoms with Crippen LogP contribution in [0.3, 0.4) is 0 Å². The lowest BCUT2D eigenvalue weighted by molar-refractivity contribution is 0.749. The average Bonchev–Trinajstić information content (AvgIpc) is 1.88. The molecular formula is C7H12N2O. The maximum Gasteiger partial charge on any atom is 0.0918 e. The third kappa shape index (κ3) is 2.09. The van der Waals surface area contributed by atoms with Crippen LogP contribution in [0.1, 0.15) is 20.8 Å². The smallest absolute Gasteiger partial charge is 0.0918 e. The molecule has 0 atom stereocenters. The molecule has 0 aliphatic rings. The molecule has 0 aromatic heterocycles. The molecule has 1 N–H and O–H groups in total. The largest absolute Gasteiger partial charge is 0.308 e. The van der Waals surface area contributed by atoms with Gasteiger partial charge in [0.1, 0.15) is 0 Å². The van der Waals surface area contributed by atoms with E-state index in [1.807, 2.05) is 13.8 Å². The van der Waals surface area contributed by atoms with Gasteiger partial charge in [-0.3, -0.25) is 0 Å². The molecule has 0 aromatic carbocycles. The Hall–Kier alpha value is -0.990. The number of hydrogen-bond donors (Lipinski definition) is 1. The average molecular weight is 140 g/mol. The van der Waals surface area contributed by atoms with E-state index in [1.54, 1.807) is 6.92 Å². The zero-order valence-corrected chi connectivity index (χ0v) is 6.51. The first-order valence-electron chi connectivity index (χ1n) is 3.18. The van der Waals surface area contributed by atoms with Gasteiger partial charge >= 0.3 is 0 Å². The Morgan fingerprint density at radius 1 is 1.60 bits per heavy atom. The molecule has 0 rings (SSSR count). The highest BCUT2D eigenvalue weighted by Gasteiger charge is 2.05. The van der Waals surface area contributed by atoms with Crippen LogP contribution < -0.4 is 0 Å². The Balaban J connectivity index is 4.61. The van der Waals surface area contributed by atoms with Crippen molar-refractivity contribution in [2.45, 2.75) is 20.8 Å². The molecule has 0 aliphatic heterocycles. The summed E-state index contributed by atoms with van der Waals surface area (Å²) in [6.45, 7) is 5.47. The van der Waals surface area contributed by atoms with E-state index in [1.165, 1.54) is 0 Å². The highest BCUT2D eigenvalue weighted by atomic mass is 16.3. The SMILES string of the molecule is C/C(C=N)=C(/N=O)C(C)C. The Morgan fingerprint density at radius 3 is 2.20 bits per heavy atom. The lowest BCUT2D eigenvalue weighted by Gasteiger charge is -2.02. The highest BCUT2D eigenvalue weighted by Crippen LogP contribution is 2.13. The second-order valence-electron chi connectivity index (χ2n) is 2.46. The minimum absolute atomic E-state index is 0.110. The van der Waals surface area contributed by atoms with Crippen molar-refractivity contribution >= 4 is 6.21 Å². The van der Waals surface area contributed by atoms with Crippen molar-refractivity contribution in [3.63, 3.8) is 0 Å². The van der Waals surface area contributed by atoms with Gasteiger partial charge in [0.05, 0.1) is 5.70 Å². The Morgan fingerprint density at radius 2 is 2.10 bits per heavy atom. The Bertz CT molecular complexity index is 170. The summed E-state index contributed by atoms with van der Waals surface area (Å²) in [6.07, 6.45) is 1.15. The fourth-order valence-electron chi connectivity index (χ4n) is 0.707. The van der Waals surface area contributed by atoms with Crippen LogP contribution in [-0.4, -0.2) is 6.21 Å². The van der Waals surface area contributed by atoms with Gasteiger partial charge < -0.3 is 5.41 Å². The summed E-state index contributed by atoms with van der Waals surface area (Å²) in [5, 5.41) is 9.69. The molecule has 0 bridgehead atoms. The first-order chi connectivity index (χ1) is 4.63. The summed E-state index contributed by atoms with van der Waals surface area (Å²) >= 11 is 0. The van der Waals surface area contributed by atoms with Gasteiger partial charge in [0, 0.05) is 6.21 Å². The van der Waals surface area contributed by atoms with Crippen LogP contribution in [0.25, 0.3) is 0 Å². The van der Waals surface area contributed by atoms with Crippen molar-refractivity contribution in [2.75, 3.05) is 0 Å². The quantitative estimate of drug-likeness (QED) is 0.474. The van der Waals surface area contributed by atoms with E-state index >= 15 is 0 Å². The summed E-state index contributed by atoms with van der Waals surface area (Å²) in [4.78, 5) is 10.1. The number of hydrogen-bond acceptors (Lipinski definition) is 3. The molecule has 0 fully saturated rings. The molecule has 0 amide bonds. The second kappa shape index (κ2) is 3.93. The lowest BCUT2D eigenvalue weighted by atomic mass is 10.1. The van der Waals surface area contributed by atoms with Crippen molar-refractivity contribution in [2.24, 2.45) is 11.1 Å². The van der Waals surface area contributed by atoms with E-state index in [4.69, 9.17) is 5.41 Å². The fourth-order valence-corrected chi connectivity index (χ4v) is 0.707.